The Bertz CT molecular complexity index is 313. The van der Waals surface area contributed by atoms with E-state index in [9.17, 15) is 0 Å². The van der Waals surface area contributed by atoms with Crippen LogP contribution in [0.5, 0.6) is 0 Å². The second kappa shape index (κ2) is 5.93. The molecule has 0 aliphatic rings. The van der Waals surface area contributed by atoms with Crippen LogP contribution in [0.4, 0.5) is 5.82 Å². The predicted octanol–water partition coefficient (Wildman–Crippen LogP) is 2.66. The summed E-state index contributed by atoms with van der Waals surface area (Å²) >= 11 is 6.04. The third-order valence-electron chi connectivity index (χ3n) is 1.94. The highest BCUT2D eigenvalue weighted by atomic mass is 35.5. The molecular formula is C11H18ClN3. The molecule has 0 radical (unpaired) electrons. The summed E-state index contributed by atoms with van der Waals surface area (Å²) in [5, 5.41) is 7.21. The molecular weight excluding hydrogens is 210 g/mol. The van der Waals surface area contributed by atoms with Gasteiger partial charge in [-0.05, 0) is 32.0 Å². The van der Waals surface area contributed by atoms with Gasteiger partial charge in [-0.15, -0.1) is 0 Å². The Morgan fingerprint density at radius 3 is 2.80 bits per heavy atom. The monoisotopic (exact) mass is 227 g/mol. The molecule has 4 heteroatoms. The fourth-order valence-corrected chi connectivity index (χ4v) is 1.42. The zero-order valence-corrected chi connectivity index (χ0v) is 10.2. The van der Waals surface area contributed by atoms with E-state index in [0.717, 1.165) is 24.5 Å². The van der Waals surface area contributed by atoms with E-state index >= 15 is 0 Å². The number of nitrogens with zero attached hydrogens (tertiary/aromatic N) is 1. The molecule has 15 heavy (non-hydrogen) atoms. The average Bonchev–Trinajstić information content (AvgIpc) is 2.18. The Kier molecular flexibility index (Phi) is 4.85. The maximum atomic E-state index is 6.04. The topological polar surface area (TPSA) is 37.0 Å². The Labute approximate surface area is 96.2 Å². The van der Waals surface area contributed by atoms with E-state index in [1.54, 1.807) is 6.20 Å². The molecule has 0 bridgehead atoms. The van der Waals surface area contributed by atoms with Gasteiger partial charge in [-0.2, -0.15) is 0 Å². The van der Waals surface area contributed by atoms with Crippen molar-refractivity contribution in [3.8, 4) is 0 Å². The third-order valence-corrected chi connectivity index (χ3v) is 2.28. The van der Waals surface area contributed by atoms with E-state index < -0.39 is 0 Å². The summed E-state index contributed by atoms with van der Waals surface area (Å²) in [6.45, 7) is 7.96. The first-order valence-corrected chi connectivity index (χ1v) is 5.63. The SMILES string of the molecule is CCNCc1cc(NC(C)C)ncc1Cl. The first-order valence-electron chi connectivity index (χ1n) is 5.25. The molecule has 0 atom stereocenters. The van der Waals surface area contributed by atoms with E-state index in [2.05, 4.69) is 36.4 Å². The molecule has 0 spiro atoms. The molecule has 0 saturated heterocycles. The molecule has 3 nitrogen and oxygen atoms in total. The smallest absolute Gasteiger partial charge is 0.126 e. The number of aromatic nitrogens is 1. The second-order valence-corrected chi connectivity index (χ2v) is 4.15. The Morgan fingerprint density at radius 1 is 1.47 bits per heavy atom. The van der Waals surface area contributed by atoms with Gasteiger partial charge in [-0.3, -0.25) is 0 Å². The van der Waals surface area contributed by atoms with Crippen molar-refractivity contribution < 1.29 is 0 Å². The number of anilines is 1. The fraction of sp³-hybridized carbons (Fsp3) is 0.545. The van der Waals surface area contributed by atoms with Crippen LogP contribution >= 0.6 is 11.6 Å². The van der Waals surface area contributed by atoms with E-state index in [4.69, 9.17) is 11.6 Å². The van der Waals surface area contributed by atoms with Gasteiger partial charge in [0, 0.05) is 18.8 Å². The van der Waals surface area contributed by atoms with Gasteiger partial charge < -0.3 is 10.6 Å². The van der Waals surface area contributed by atoms with Gasteiger partial charge in [-0.1, -0.05) is 18.5 Å². The molecule has 0 unspecified atom stereocenters. The summed E-state index contributed by atoms with van der Waals surface area (Å²) in [7, 11) is 0. The summed E-state index contributed by atoms with van der Waals surface area (Å²) in [4.78, 5) is 4.22. The Morgan fingerprint density at radius 2 is 2.20 bits per heavy atom. The predicted molar refractivity (Wildman–Crippen MR) is 65.4 cm³/mol. The van der Waals surface area contributed by atoms with Crippen molar-refractivity contribution in [2.75, 3.05) is 11.9 Å². The summed E-state index contributed by atoms with van der Waals surface area (Å²) in [6.07, 6.45) is 1.69. The number of pyridine rings is 1. The number of hydrogen-bond acceptors (Lipinski definition) is 3. The zero-order chi connectivity index (χ0) is 11.3. The van der Waals surface area contributed by atoms with Gasteiger partial charge in [0.1, 0.15) is 5.82 Å². The van der Waals surface area contributed by atoms with E-state index in [0.29, 0.717) is 11.1 Å². The highest BCUT2D eigenvalue weighted by Gasteiger charge is 2.03. The normalized spacial score (nSPS) is 10.7. The van der Waals surface area contributed by atoms with Crippen molar-refractivity contribution in [2.45, 2.75) is 33.4 Å². The fourth-order valence-electron chi connectivity index (χ4n) is 1.25. The van der Waals surface area contributed by atoms with Gasteiger partial charge >= 0.3 is 0 Å². The largest absolute Gasteiger partial charge is 0.368 e. The lowest BCUT2D eigenvalue weighted by Crippen LogP contribution is -2.14. The Hall–Kier alpha value is -0.800. The van der Waals surface area contributed by atoms with Gasteiger partial charge in [-0.25, -0.2) is 4.98 Å². The molecule has 84 valence electrons. The zero-order valence-electron chi connectivity index (χ0n) is 9.47. The Balaban J connectivity index is 2.75. The number of halogens is 1. The summed E-state index contributed by atoms with van der Waals surface area (Å²) < 4.78 is 0. The van der Waals surface area contributed by atoms with Crippen LogP contribution in [0.25, 0.3) is 0 Å². The van der Waals surface area contributed by atoms with Crippen molar-refractivity contribution in [2.24, 2.45) is 0 Å². The van der Waals surface area contributed by atoms with Crippen LogP contribution in [0, 0.1) is 0 Å². The number of nitrogens with one attached hydrogen (secondary N) is 2. The third kappa shape index (κ3) is 4.06. The minimum atomic E-state index is 0.380. The van der Waals surface area contributed by atoms with Gasteiger partial charge in [0.05, 0.1) is 5.02 Å². The molecule has 0 aliphatic heterocycles. The van der Waals surface area contributed by atoms with Crippen LogP contribution in [0.3, 0.4) is 0 Å². The molecule has 1 heterocycles. The molecule has 1 rings (SSSR count). The van der Waals surface area contributed by atoms with E-state index in [-0.39, 0.29) is 0 Å². The summed E-state index contributed by atoms with van der Waals surface area (Å²) in [5.41, 5.74) is 1.08. The second-order valence-electron chi connectivity index (χ2n) is 3.74. The van der Waals surface area contributed by atoms with Crippen LogP contribution < -0.4 is 10.6 Å². The van der Waals surface area contributed by atoms with Crippen molar-refractivity contribution in [1.82, 2.24) is 10.3 Å². The molecule has 1 aromatic rings. The summed E-state index contributed by atoms with van der Waals surface area (Å²) in [5.74, 6) is 0.877. The van der Waals surface area contributed by atoms with E-state index in [1.807, 2.05) is 6.07 Å². The lowest BCUT2D eigenvalue weighted by Gasteiger charge is -2.11. The first kappa shape index (κ1) is 12.3. The molecule has 0 aromatic carbocycles. The van der Waals surface area contributed by atoms with Crippen LogP contribution in [0.2, 0.25) is 5.02 Å². The minimum Gasteiger partial charge on any atom is -0.368 e. The van der Waals surface area contributed by atoms with Crippen molar-refractivity contribution >= 4 is 17.4 Å². The molecule has 0 fully saturated rings. The van der Waals surface area contributed by atoms with Crippen molar-refractivity contribution in [3.05, 3.63) is 22.8 Å². The average molecular weight is 228 g/mol. The molecule has 0 saturated carbocycles. The molecule has 1 aromatic heterocycles. The highest BCUT2D eigenvalue weighted by molar-refractivity contribution is 6.31. The molecule has 0 aliphatic carbocycles. The van der Waals surface area contributed by atoms with Gasteiger partial charge in [0.25, 0.3) is 0 Å². The van der Waals surface area contributed by atoms with Crippen LogP contribution in [0.15, 0.2) is 12.3 Å². The van der Waals surface area contributed by atoms with Crippen molar-refractivity contribution in [3.63, 3.8) is 0 Å². The van der Waals surface area contributed by atoms with Gasteiger partial charge in [0.15, 0.2) is 0 Å². The van der Waals surface area contributed by atoms with Crippen LogP contribution in [-0.4, -0.2) is 17.6 Å². The van der Waals surface area contributed by atoms with Crippen LogP contribution in [-0.2, 0) is 6.54 Å². The maximum absolute atomic E-state index is 6.04. The standard InChI is InChI=1S/C11H18ClN3/c1-4-13-6-9-5-11(15-8(2)3)14-7-10(9)12/h5,7-8,13H,4,6H2,1-3H3,(H,14,15). The number of rotatable bonds is 5. The molecule has 2 N–H and O–H groups in total. The quantitative estimate of drug-likeness (QED) is 0.812. The highest BCUT2D eigenvalue weighted by Crippen LogP contribution is 2.18. The first-order chi connectivity index (χ1) is 7.13. The van der Waals surface area contributed by atoms with E-state index in [1.165, 1.54) is 0 Å². The lowest BCUT2D eigenvalue weighted by atomic mass is 10.2. The van der Waals surface area contributed by atoms with Gasteiger partial charge in [0.2, 0.25) is 0 Å². The van der Waals surface area contributed by atoms with Crippen LogP contribution in [0.1, 0.15) is 26.3 Å². The number of hydrogen-bond donors (Lipinski definition) is 2. The summed E-state index contributed by atoms with van der Waals surface area (Å²) in [6, 6.07) is 2.37. The lowest BCUT2D eigenvalue weighted by molar-refractivity contribution is 0.726. The minimum absolute atomic E-state index is 0.380. The van der Waals surface area contributed by atoms with Crippen molar-refractivity contribution in [1.29, 1.82) is 0 Å². The maximum Gasteiger partial charge on any atom is 0.126 e. The molecule has 0 amide bonds.